The molecule has 2 aromatic rings. The highest BCUT2D eigenvalue weighted by Crippen LogP contribution is 2.26. The molecule has 0 saturated heterocycles. The number of benzene rings is 1. The molecule has 0 aliphatic rings. The van der Waals surface area contributed by atoms with Crippen molar-refractivity contribution >= 4 is 17.2 Å². The van der Waals surface area contributed by atoms with Crippen LogP contribution in [0.2, 0.25) is 0 Å². The lowest BCUT2D eigenvalue weighted by Gasteiger charge is -2.13. The Morgan fingerprint density at radius 2 is 2.04 bits per heavy atom. The fourth-order valence-corrected chi connectivity index (χ4v) is 2.78. The Labute approximate surface area is 140 Å². The largest absolute Gasteiger partial charge is 0.573 e. The van der Waals surface area contributed by atoms with Crippen molar-refractivity contribution in [1.82, 2.24) is 10.3 Å². The molecule has 0 aliphatic carbocycles. The number of halogens is 3. The first-order valence-electron chi connectivity index (χ1n) is 7.15. The molecule has 1 heterocycles. The predicted molar refractivity (Wildman–Crippen MR) is 84.0 cm³/mol. The Balaban J connectivity index is 1.90. The van der Waals surface area contributed by atoms with Gasteiger partial charge in [-0.15, -0.1) is 24.5 Å². The summed E-state index contributed by atoms with van der Waals surface area (Å²) in [6, 6.07) is 5.83. The zero-order valence-electron chi connectivity index (χ0n) is 12.6. The summed E-state index contributed by atoms with van der Waals surface area (Å²) in [6.07, 6.45) is -3.95. The van der Waals surface area contributed by atoms with Crippen molar-refractivity contribution < 1.29 is 22.7 Å². The van der Waals surface area contributed by atoms with Crippen molar-refractivity contribution in [3.05, 3.63) is 45.9 Å². The number of para-hydroxylation sites is 1. The minimum atomic E-state index is -4.75. The summed E-state index contributed by atoms with van der Waals surface area (Å²) in [5, 5.41) is 5.03. The lowest BCUT2D eigenvalue weighted by molar-refractivity contribution is -0.274. The van der Waals surface area contributed by atoms with E-state index in [-0.39, 0.29) is 30.3 Å². The molecule has 0 saturated carbocycles. The smallest absolute Gasteiger partial charge is 0.406 e. The van der Waals surface area contributed by atoms with Crippen LogP contribution in [0.15, 0.2) is 29.6 Å². The molecule has 0 atom stereocenters. The molecule has 0 spiro atoms. The van der Waals surface area contributed by atoms with Crippen LogP contribution in [0.5, 0.6) is 5.75 Å². The van der Waals surface area contributed by atoms with Crippen LogP contribution in [0.4, 0.5) is 13.2 Å². The van der Waals surface area contributed by atoms with Crippen LogP contribution in [-0.4, -0.2) is 30.3 Å². The quantitative estimate of drug-likeness (QED) is 0.796. The van der Waals surface area contributed by atoms with E-state index in [0.717, 1.165) is 5.01 Å². The Morgan fingerprint density at radius 3 is 2.75 bits per heavy atom. The van der Waals surface area contributed by atoms with Gasteiger partial charge in [0.1, 0.15) is 11.4 Å². The second kappa shape index (κ2) is 8.11. The lowest BCUT2D eigenvalue weighted by atomic mass is 10.1. The number of nitrogens with zero attached hydrogens (tertiary/aromatic N) is 1. The number of aromatic nitrogens is 1. The van der Waals surface area contributed by atoms with Crippen molar-refractivity contribution in [3.8, 4) is 5.75 Å². The molecule has 3 N–H and O–H groups in total. The maximum Gasteiger partial charge on any atom is 0.573 e. The molecule has 0 aliphatic heterocycles. The SMILES string of the molecule is NCCc1nc(C(=O)NCCc2ccccc2OC(F)(F)F)cs1. The number of nitrogens with one attached hydrogen (secondary N) is 1. The summed E-state index contributed by atoms with van der Waals surface area (Å²) < 4.78 is 41.0. The Morgan fingerprint density at radius 1 is 1.29 bits per heavy atom. The van der Waals surface area contributed by atoms with Gasteiger partial charge in [-0.1, -0.05) is 18.2 Å². The second-order valence-corrected chi connectivity index (χ2v) is 5.77. The first-order valence-corrected chi connectivity index (χ1v) is 8.03. The molecule has 24 heavy (non-hydrogen) atoms. The fraction of sp³-hybridized carbons (Fsp3) is 0.333. The van der Waals surface area contributed by atoms with E-state index in [0.29, 0.717) is 18.5 Å². The molecule has 1 aromatic carbocycles. The van der Waals surface area contributed by atoms with E-state index >= 15 is 0 Å². The summed E-state index contributed by atoms with van der Waals surface area (Å²) in [7, 11) is 0. The average Bonchev–Trinajstić information content (AvgIpc) is 2.96. The first-order chi connectivity index (χ1) is 11.4. The number of alkyl halides is 3. The average molecular weight is 359 g/mol. The van der Waals surface area contributed by atoms with Gasteiger partial charge >= 0.3 is 6.36 Å². The maximum absolute atomic E-state index is 12.4. The number of carbonyl (C=O) groups is 1. The number of amides is 1. The Kier molecular flexibility index (Phi) is 6.16. The van der Waals surface area contributed by atoms with E-state index in [9.17, 15) is 18.0 Å². The molecule has 1 aromatic heterocycles. The third kappa shape index (κ3) is 5.50. The molecule has 9 heteroatoms. The Bertz CT molecular complexity index is 689. The molecule has 0 unspecified atom stereocenters. The van der Waals surface area contributed by atoms with Gasteiger partial charge in [0.2, 0.25) is 0 Å². The monoisotopic (exact) mass is 359 g/mol. The number of thiazole rings is 1. The number of ether oxygens (including phenoxy) is 1. The summed E-state index contributed by atoms with van der Waals surface area (Å²) in [6.45, 7) is 0.616. The van der Waals surface area contributed by atoms with Crippen molar-refractivity contribution in [3.63, 3.8) is 0 Å². The molecule has 130 valence electrons. The van der Waals surface area contributed by atoms with Gasteiger partial charge in [0, 0.05) is 18.3 Å². The molecular formula is C15H16F3N3O2S. The standard InChI is InChI=1S/C15H16F3N3O2S/c16-15(17,18)23-12-4-2-1-3-10(12)6-8-20-14(22)11-9-24-13(21-11)5-7-19/h1-4,9H,5-8,19H2,(H,20,22). The first kappa shape index (κ1) is 18.2. The fourth-order valence-electron chi connectivity index (χ4n) is 1.99. The second-order valence-electron chi connectivity index (χ2n) is 4.83. The van der Waals surface area contributed by atoms with Crippen LogP contribution in [0.3, 0.4) is 0 Å². The van der Waals surface area contributed by atoms with E-state index in [1.54, 1.807) is 11.4 Å². The highest BCUT2D eigenvalue weighted by molar-refractivity contribution is 7.09. The molecule has 5 nitrogen and oxygen atoms in total. The van der Waals surface area contributed by atoms with Crippen LogP contribution in [0.25, 0.3) is 0 Å². The van der Waals surface area contributed by atoms with E-state index in [2.05, 4.69) is 15.0 Å². The highest BCUT2D eigenvalue weighted by Gasteiger charge is 2.31. The predicted octanol–water partition coefficient (Wildman–Crippen LogP) is 2.52. The van der Waals surface area contributed by atoms with Gasteiger partial charge < -0.3 is 15.8 Å². The van der Waals surface area contributed by atoms with Crippen LogP contribution in [-0.2, 0) is 12.8 Å². The molecule has 0 bridgehead atoms. The summed E-state index contributed by atoms with van der Waals surface area (Å²) in [5.41, 5.74) is 6.06. The zero-order valence-corrected chi connectivity index (χ0v) is 13.4. The summed E-state index contributed by atoms with van der Waals surface area (Å²) in [5.74, 6) is -0.637. The lowest BCUT2D eigenvalue weighted by Crippen LogP contribution is -2.26. The van der Waals surface area contributed by atoms with Gasteiger partial charge in [0.25, 0.3) is 5.91 Å². The van der Waals surface area contributed by atoms with Gasteiger partial charge in [0.05, 0.1) is 5.01 Å². The highest BCUT2D eigenvalue weighted by atomic mass is 32.1. The summed E-state index contributed by atoms with van der Waals surface area (Å²) in [4.78, 5) is 16.1. The molecule has 0 fully saturated rings. The maximum atomic E-state index is 12.4. The number of hydrogen-bond acceptors (Lipinski definition) is 5. The van der Waals surface area contributed by atoms with Crippen LogP contribution < -0.4 is 15.8 Å². The minimum absolute atomic E-state index is 0.167. The van der Waals surface area contributed by atoms with Gasteiger partial charge in [-0.2, -0.15) is 0 Å². The Hall–Kier alpha value is -2.13. The normalized spacial score (nSPS) is 11.3. The van der Waals surface area contributed by atoms with E-state index in [1.165, 1.54) is 29.5 Å². The van der Waals surface area contributed by atoms with E-state index in [1.807, 2.05) is 0 Å². The van der Waals surface area contributed by atoms with Gasteiger partial charge in [-0.05, 0) is 24.6 Å². The zero-order chi connectivity index (χ0) is 17.6. The third-order valence-corrected chi connectivity index (χ3v) is 3.93. The van der Waals surface area contributed by atoms with Crippen LogP contribution >= 0.6 is 11.3 Å². The van der Waals surface area contributed by atoms with E-state index in [4.69, 9.17) is 5.73 Å². The third-order valence-electron chi connectivity index (χ3n) is 3.02. The molecule has 2 rings (SSSR count). The topological polar surface area (TPSA) is 77.2 Å². The van der Waals surface area contributed by atoms with E-state index < -0.39 is 6.36 Å². The van der Waals surface area contributed by atoms with Gasteiger partial charge in [-0.3, -0.25) is 4.79 Å². The number of hydrogen-bond donors (Lipinski definition) is 2. The van der Waals surface area contributed by atoms with Gasteiger partial charge in [-0.25, -0.2) is 4.98 Å². The van der Waals surface area contributed by atoms with Crippen molar-refractivity contribution in [2.75, 3.05) is 13.1 Å². The van der Waals surface area contributed by atoms with Crippen molar-refractivity contribution in [2.45, 2.75) is 19.2 Å². The molecule has 1 amide bonds. The number of nitrogens with two attached hydrogens (primary N) is 1. The van der Waals surface area contributed by atoms with Crippen molar-refractivity contribution in [2.24, 2.45) is 5.73 Å². The number of carbonyl (C=O) groups excluding carboxylic acids is 1. The number of rotatable bonds is 7. The summed E-state index contributed by atoms with van der Waals surface area (Å²) >= 11 is 1.34. The minimum Gasteiger partial charge on any atom is -0.406 e. The molecular weight excluding hydrogens is 343 g/mol. The van der Waals surface area contributed by atoms with Crippen LogP contribution in [0.1, 0.15) is 21.1 Å². The van der Waals surface area contributed by atoms with Gasteiger partial charge in [0.15, 0.2) is 0 Å². The molecule has 0 radical (unpaired) electrons. The van der Waals surface area contributed by atoms with Crippen molar-refractivity contribution in [1.29, 1.82) is 0 Å². The van der Waals surface area contributed by atoms with Crippen LogP contribution in [0, 0.1) is 0 Å².